The van der Waals surface area contributed by atoms with E-state index < -0.39 is 5.97 Å². The number of amides is 1. The van der Waals surface area contributed by atoms with Crippen molar-refractivity contribution in [3.8, 4) is 0 Å². The normalized spacial score (nSPS) is 10.2. The van der Waals surface area contributed by atoms with Crippen LogP contribution >= 0.6 is 15.9 Å². The molecule has 0 atom stereocenters. The van der Waals surface area contributed by atoms with Crippen LogP contribution in [-0.4, -0.2) is 30.2 Å². The SMILES string of the molecule is CCOCCCC(=O)Nc1ccc(Br)cc1C(=O)O. The third-order valence-corrected chi connectivity index (χ3v) is 2.88. The summed E-state index contributed by atoms with van der Waals surface area (Å²) >= 11 is 3.20. The number of carboxylic acid groups (broad SMARTS) is 1. The van der Waals surface area contributed by atoms with Crippen molar-refractivity contribution in [2.24, 2.45) is 0 Å². The average Bonchev–Trinajstić information content (AvgIpc) is 2.36. The monoisotopic (exact) mass is 329 g/mol. The van der Waals surface area contributed by atoms with Crippen molar-refractivity contribution in [3.63, 3.8) is 0 Å². The number of nitrogens with one attached hydrogen (secondary N) is 1. The first-order valence-electron chi connectivity index (χ1n) is 5.95. The number of carbonyl (C=O) groups excluding carboxylic acids is 1. The molecule has 0 aliphatic rings. The zero-order valence-electron chi connectivity index (χ0n) is 10.6. The Morgan fingerprint density at radius 3 is 2.79 bits per heavy atom. The minimum atomic E-state index is -1.08. The van der Waals surface area contributed by atoms with Crippen molar-refractivity contribution in [2.75, 3.05) is 18.5 Å². The summed E-state index contributed by atoms with van der Waals surface area (Å²) in [5.41, 5.74) is 0.365. The van der Waals surface area contributed by atoms with Crippen LogP contribution in [0.3, 0.4) is 0 Å². The quantitative estimate of drug-likeness (QED) is 0.754. The molecule has 0 aliphatic carbocycles. The van der Waals surface area contributed by atoms with E-state index in [0.29, 0.717) is 36.2 Å². The van der Waals surface area contributed by atoms with Gasteiger partial charge < -0.3 is 15.2 Å². The molecule has 0 saturated carbocycles. The molecule has 0 unspecified atom stereocenters. The average molecular weight is 330 g/mol. The second-order valence-corrected chi connectivity index (χ2v) is 4.76. The highest BCUT2D eigenvalue weighted by Gasteiger charge is 2.12. The lowest BCUT2D eigenvalue weighted by Gasteiger charge is -2.09. The number of rotatable bonds is 7. The van der Waals surface area contributed by atoms with E-state index in [4.69, 9.17) is 9.84 Å². The molecular weight excluding hydrogens is 314 g/mol. The number of hydrogen-bond donors (Lipinski definition) is 2. The summed E-state index contributed by atoms with van der Waals surface area (Å²) in [6.45, 7) is 3.04. The Balaban J connectivity index is 2.61. The molecule has 0 heterocycles. The van der Waals surface area contributed by atoms with E-state index in [9.17, 15) is 9.59 Å². The van der Waals surface area contributed by atoms with Gasteiger partial charge in [0.15, 0.2) is 0 Å². The first-order valence-corrected chi connectivity index (χ1v) is 6.74. The standard InChI is InChI=1S/C13H16BrNO4/c1-2-19-7-3-4-12(16)15-11-6-5-9(14)8-10(11)13(17)18/h5-6,8H,2-4,7H2,1H3,(H,15,16)(H,17,18). The van der Waals surface area contributed by atoms with Crippen LogP contribution in [0, 0.1) is 0 Å². The smallest absolute Gasteiger partial charge is 0.337 e. The predicted octanol–water partition coefficient (Wildman–Crippen LogP) is 2.90. The molecule has 1 aromatic rings. The van der Waals surface area contributed by atoms with Gasteiger partial charge in [0.25, 0.3) is 0 Å². The van der Waals surface area contributed by atoms with Gasteiger partial charge in [0.1, 0.15) is 0 Å². The molecule has 0 bridgehead atoms. The third-order valence-electron chi connectivity index (χ3n) is 2.38. The van der Waals surface area contributed by atoms with Gasteiger partial charge in [-0.3, -0.25) is 4.79 Å². The fourth-order valence-electron chi connectivity index (χ4n) is 1.49. The van der Waals surface area contributed by atoms with Crippen molar-refractivity contribution in [2.45, 2.75) is 19.8 Å². The number of ether oxygens (including phenoxy) is 1. The van der Waals surface area contributed by atoms with Gasteiger partial charge in [0, 0.05) is 24.1 Å². The van der Waals surface area contributed by atoms with Gasteiger partial charge in [0.05, 0.1) is 11.3 Å². The zero-order valence-corrected chi connectivity index (χ0v) is 12.2. The van der Waals surface area contributed by atoms with Crippen LogP contribution in [0.5, 0.6) is 0 Å². The van der Waals surface area contributed by atoms with E-state index in [2.05, 4.69) is 21.2 Å². The number of benzene rings is 1. The molecule has 0 spiro atoms. The molecule has 2 N–H and O–H groups in total. The summed E-state index contributed by atoms with van der Waals surface area (Å²) in [7, 11) is 0. The maximum Gasteiger partial charge on any atom is 0.337 e. The number of anilines is 1. The number of carbonyl (C=O) groups is 2. The molecule has 6 heteroatoms. The van der Waals surface area contributed by atoms with Gasteiger partial charge in [-0.1, -0.05) is 15.9 Å². The number of carboxylic acids is 1. The second kappa shape index (κ2) is 7.91. The molecule has 1 amide bonds. The lowest BCUT2D eigenvalue weighted by molar-refractivity contribution is -0.116. The summed E-state index contributed by atoms with van der Waals surface area (Å²) < 4.78 is 5.78. The first kappa shape index (κ1) is 15.7. The number of hydrogen-bond acceptors (Lipinski definition) is 3. The minimum Gasteiger partial charge on any atom is -0.478 e. The molecule has 19 heavy (non-hydrogen) atoms. The third kappa shape index (κ3) is 5.40. The van der Waals surface area contributed by atoms with Crippen molar-refractivity contribution < 1.29 is 19.4 Å². The van der Waals surface area contributed by atoms with E-state index in [0.717, 1.165) is 0 Å². The van der Waals surface area contributed by atoms with Crippen LogP contribution in [-0.2, 0) is 9.53 Å². The van der Waals surface area contributed by atoms with Crippen molar-refractivity contribution in [1.29, 1.82) is 0 Å². The molecule has 0 fully saturated rings. The topological polar surface area (TPSA) is 75.6 Å². The molecule has 0 aromatic heterocycles. The summed E-state index contributed by atoms with van der Waals surface area (Å²) in [4.78, 5) is 22.7. The fourth-order valence-corrected chi connectivity index (χ4v) is 1.86. The molecular formula is C13H16BrNO4. The first-order chi connectivity index (χ1) is 9.04. The van der Waals surface area contributed by atoms with E-state index in [1.54, 1.807) is 12.1 Å². The van der Waals surface area contributed by atoms with E-state index >= 15 is 0 Å². The summed E-state index contributed by atoms with van der Waals surface area (Å²) in [6.07, 6.45) is 0.910. The van der Waals surface area contributed by atoms with Gasteiger partial charge >= 0.3 is 5.97 Å². The largest absolute Gasteiger partial charge is 0.478 e. The van der Waals surface area contributed by atoms with Crippen LogP contribution in [0.25, 0.3) is 0 Å². The highest BCUT2D eigenvalue weighted by molar-refractivity contribution is 9.10. The van der Waals surface area contributed by atoms with Gasteiger partial charge in [0.2, 0.25) is 5.91 Å². The van der Waals surface area contributed by atoms with Gasteiger partial charge in [-0.15, -0.1) is 0 Å². The van der Waals surface area contributed by atoms with E-state index in [1.807, 2.05) is 6.92 Å². The molecule has 1 rings (SSSR count). The predicted molar refractivity (Wildman–Crippen MR) is 75.5 cm³/mol. The lowest BCUT2D eigenvalue weighted by Crippen LogP contribution is -2.15. The minimum absolute atomic E-state index is 0.0625. The Morgan fingerprint density at radius 1 is 1.42 bits per heavy atom. The second-order valence-electron chi connectivity index (χ2n) is 3.84. The van der Waals surface area contributed by atoms with Crippen molar-refractivity contribution >= 4 is 33.5 Å². The highest BCUT2D eigenvalue weighted by atomic mass is 79.9. The van der Waals surface area contributed by atoms with Crippen molar-refractivity contribution in [1.82, 2.24) is 0 Å². The van der Waals surface area contributed by atoms with Crippen LogP contribution < -0.4 is 5.32 Å². The van der Waals surface area contributed by atoms with Crippen LogP contribution in [0.15, 0.2) is 22.7 Å². The Hall–Kier alpha value is -1.40. The van der Waals surface area contributed by atoms with Crippen LogP contribution in [0.1, 0.15) is 30.1 Å². The van der Waals surface area contributed by atoms with Gasteiger partial charge in [-0.25, -0.2) is 4.79 Å². The molecule has 0 aliphatic heterocycles. The summed E-state index contributed by atoms with van der Waals surface area (Å²) in [6, 6.07) is 4.70. The fraction of sp³-hybridized carbons (Fsp3) is 0.385. The Labute approximate surface area is 120 Å². The highest BCUT2D eigenvalue weighted by Crippen LogP contribution is 2.21. The van der Waals surface area contributed by atoms with Crippen LogP contribution in [0.4, 0.5) is 5.69 Å². The molecule has 5 nitrogen and oxygen atoms in total. The lowest BCUT2D eigenvalue weighted by atomic mass is 10.1. The van der Waals surface area contributed by atoms with E-state index in [1.165, 1.54) is 6.07 Å². The van der Waals surface area contributed by atoms with Gasteiger partial charge in [-0.05, 0) is 31.5 Å². The Morgan fingerprint density at radius 2 is 2.16 bits per heavy atom. The molecule has 1 aromatic carbocycles. The number of halogens is 1. The molecule has 0 saturated heterocycles. The molecule has 0 radical (unpaired) electrons. The maximum atomic E-state index is 11.7. The Kier molecular flexibility index (Phi) is 6.52. The van der Waals surface area contributed by atoms with E-state index in [-0.39, 0.29) is 11.5 Å². The Bertz CT molecular complexity index is 462. The van der Waals surface area contributed by atoms with Crippen LogP contribution in [0.2, 0.25) is 0 Å². The summed E-state index contributed by atoms with van der Waals surface area (Å²) in [5.74, 6) is -1.30. The molecule has 104 valence electrons. The summed E-state index contributed by atoms with van der Waals surface area (Å²) in [5, 5.41) is 11.7. The maximum absolute atomic E-state index is 11.7. The van der Waals surface area contributed by atoms with Crippen molar-refractivity contribution in [3.05, 3.63) is 28.2 Å². The zero-order chi connectivity index (χ0) is 14.3. The van der Waals surface area contributed by atoms with Gasteiger partial charge in [-0.2, -0.15) is 0 Å². The number of aromatic carboxylic acids is 1.